The summed E-state index contributed by atoms with van der Waals surface area (Å²) in [5.74, 6) is -1.26. The Kier molecular flexibility index (Phi) is 6.48. The largest absolute Gasteiger partial charge is 0.481 e. The minimum Gasteiger partial charge on any atom is -0.481 e. The van der Waals surface area contributed by atoms with Crippen molar-refractivity contribution in [2.45, 2.75) is 64.5 Å². The van der Waals surface area contributed by atoms with Gasteiger partial charge in [0.2, 0.25) is 11.8 Å². The van der Waals surface area contributed by atoms with E-state index in [2.05, 4.69) is 10.6 Å². The van der Waals surface area contributed by atoms with Gasteiger partial charge in [0.25, 0.3) is 0 Å². The molecule has 6 nitrogen and oxygen atoms in total. The van der Waals surface area contributed by atoms with E-state index in [0.717, 1.165) is 6.42 Å². The topological polar surface area (TPSA) is 95.5 Å². The van der Waals surface area contributed by atoms with Gasteiger partial charge in [-0.1, -0.05) is 0 Å². The Morgan fingerprint density at radius 1 is 1.15 bits per heavy atom. The van der Waals surface area contributed by atoms with Gasteiger partial charge >= 0.3 is 5.97 Å². The number of carboxylic acids is 1. The molecule has 0 bridgehead atoms. The van der Waals surface area contributed by atoms with Crippen molar-refractivity contribution in [3.63, 3.8) is 0 Å². The fourth-order valence-electron chi connectivity index (χ4n) is 2.44. The number of carbonyl (C=O) groups is 3. The molecule has 0 radical (unpaired) electrons. The van der Waals surface area contributed by atoms with Gasteiger partial charge in [-0.2, -0.15) is 0 Å². The van der Waals surface area contributed by atoms with Crippen LogP contribution < -0.4 is 10.6 Å². The summed E-state index contributed by atoms with van der Waals surface area (Å²) in [4.78, 5) is 33.9. The van der Waals surface area contributed by atoms with E-state index in [-0.39, 0.29) is 29.8 Å². The van der Waals surface area contributed by atoms with E-state index in [4.69, 9.17) is 5.11 Å². The number of carboxylic acid groups (broad SMARTS) is 1. The van der Waals surface area contributed by atoms with E-state index in [1.54, 1.807) is 0 Å². The summed E-state index contributed by atoms with van der Waals surface area (Å²) < 4.78 is 0. The van der Waals surface area contributed by atoms with Gasteiger partial charge in [-0.25, -0.2) is 0 Å². The summed E-state index contributed by atoms with van der Waals surface area (Å²) in [7, 11) is 0. The highest BCUT2D eigenvalue weighted by Crippen LogP contribution is 2.25. The molecule has 0 heterocycles. The van der Waals surface area contributed by atoms with E-state index >= 15 is 0 Å². The summed E-state index contributed by atoms with van der Waals surface area (Å²) in [6, 6.07) is 0.0795. The van der Waals surface area contributed by atoms with E-state index in [1.807, 2.05) is 13.8 Å². The van der Waals surface area contributed by atoms with Crippen molar-refractivity contribution in [1.82, 2.24) is 10.6 Å². The number of hydrogen-bond donors (Lipinski definition) is 3. The van der Waals surface area contributed by atoms with Crippen LogP contribution in [0.3, 0.4) is 0 Å². The van der Waals surface area contributed by atoms with Gasteiger partial charge in [0, 0.05) is 24.9 Å². The second kappa shape index (κ2) is 7.87. The molecule has 0 aromatic rings. The predicted octanol–water partition coefficient (Wildman–Crippen LogP) is 1.05. The average molecular weight is 284 g/mol. The monoisotopic (exact) mass is 284 g/mol. The Labute approximate surface area is 119 Å². The normalized spacial score (nSPS) is 21.8. The fourth-order valence-corrected chi connectivity index (χ4v) is 2.44. The van der Waals surface area contributed by atoms with E-state index in [1.165, 1.54) is 0 Å². The standard InChI is InChI=1S/C14H24N2O4/c1-9(2)15-12(17)4-3-5-13(18)16-11-7-6-10(8-11)14(19)20/h9-11H,3-8H2,1-2H3,(H,15,17)(H,16,18)(H,19,20)/t10-,11+/m1/s1. The Balaban J connectivity index is 2.15. The highest BCUT2D eigenvalue weighted by molar-refractivity contribution is 5.79. The molecule has 0 saturated heterocycles. The van der Waals surface area contributed by atoms with Crippen LogP contribution in [0.1, 0.15) is 52.4 Å². The first kappa shape index (κ1) is 16.5. The molecule has 0 aliphatic heterocycles. The van der Waals surface area contributed by atoms with Crippen molar-refractivity contribution in [3.8, 4) is 0 Å². The van der Waals surface area contributed by atoms with E-state index in [9.17, 15) is 14.4 Å². The second-order valence-electron chi connectivity index (χ2n) is 5.69. The SMILES string of the molecule is CC(C)NC(=O)CCCC(=O)N[C@H]1CC[C@@H](C(=O)O)C1. The maximum Gasteiger partial charge on any atom is 0.306 e. The van der Waals surface area contributed by atoms with Gasteiger partial charge in [-0.15, -0.1) is 0 Å². The van der Waals surface area contributed by atoms with Crippen LogP contribution in [0.4, 0.5) is 0 Å². The number of amides is 2. The summed E-state index contributed by atoms with van der Waals surface area (Å²) in [6.07, 6.45) is 3.01. The van der Waals surface area contributed by atoms with Crippen molar-refractivity contribution >= 4 is 17.8 Å². The van der Waals surface area contributed by atoms with Crippen molar-refractivity contribution < 1.29 is 19.5 Å². The molecule has 0 unspecified atom stereocenters. The molecular weight excluding hydrogens is 260 g/mol. The molecule has 1 fully saturated rings. The molecule has 20 heavy (non-hydrogen) atoms. The van der Waals surface area contributed by atoms with E-state index < -0.39 is 5.97 Å². The van der Waals surface area contributed by atoms with Gasteiger partial charge < -0.3 is 15.7 Å². The highest BCUT2D eigenvalue weighted by atomic mass is 16.4. The predicted molar refractivity (Wildman–Crippen MR) is 74.0 cm³/mol. The maximum absolute atomic E-state index is 11.7. The fraction of sp³-hybridized carbons (Fsp3) is 0.786. The summed E-state index contributed by atoms with van der Waals surface area (Å²) in [5.41, 5.74) is 0. The maximum atomic E-state index is 11.7. The smallest absolute Gasteiger partial charge is 0.306 e. The van der Waals surface area contributed by atoms with Crippen LogP contribution in [-0.2, 0) is 14.4 Å². The zero-order valence-electron chi connectivity index (χ0n) is 12.1. The number of hydrogen-bond acceptors (Lipinski definition) is 3. The first-order valence-electron chi connectivity index (χ1n) is 7.20. The molecule has 114 valence electrons. The van der Waals surface area contributed by atoms with Crippen LogP contribution in [0.25, 0.3) is 0 Å². The lowest BCUT2D eigenvalue weighted by atomic mass is 10.1. The molecule has 2 atom stereocenters. The lowest BCUT2D eigenvalue weighted by Crippen LogP contribution is -2.34. The lowest BCUT2D eigenvalue weighted by molar-refractivity contribution is -0.141. The van der Waals surface area contributed by atoms with Gasteiger partial charge in [0.1, 0.15) is 0 Å². The van der Waals surface area contributed by atoms with Crippen molar-refractivity contribution in [2.75, 3.05) is 0 Å². The van der Waals surface area contributed by atoms with Gasteiger partial charge in [0.15, 0.2) is 0 Å². The molecule has 0 spiro atoms. The third-order valence-corrected chi connectivity index (χ3v) is 3.40. The van der Waals surface area contributed by atoms with Crippen LogP contribution in [0.2, 0.25) is 0 Å². The first-order valence-corrected chi connectivity index (χ1v) is 7.20. The number of aliphatic carboxylic acids is 1. The van der Waals surface area contributed by atoms with E-state index in [0.29, 0.717) is 32.1 Å². The molecule has 3 N–H and O–H groups in total. The molecule has 1 rings (SSSR count). The number of rotatable bonds is 7. The second-order valence-corrected chi connectivity index (χ2v) is 5.69. The molecule has 0 aromatic carbocycles. The minimum absolute atomic E-state index is 0.0342. The molecule has 2 amide bonds. The Bertz CT molecular complexity index is 368. The Morgan fingerprint density at radius 2 is 1.80 bits per heavy atom. The molecule has 1 aliphatic rings. The average Bonchev–Trinajstić information content (AvgIpc) is 2.76. The molecule has 6 heteroatoms. The first-order chi connectivity index (χ1) is 9.38. The third-order valence-electron chi connectivity index (χ3n) is 3.40. The summed E-state index contributed by atoms with van der Waals surface area (Å²) >= 11 is 0. The van der Waals surface area contributed by atoms with Crippen LogP contribution >= 0.6 is 0 Å². The summed E-state index contributed by atoms with van der Waals surface area (Å²) in [6.45, 7) is 3.78. The zero-order chi connectivity index (χ0) is 15.1. The number of carbonyl (C=O) groups excluding carboxylic acids is 2. The van der Waals surface area contributed by atoms with Crippen molar-refractivity contribution in [1.29, 1.82) is 0 Å². The van der Waals surface area contributed by atoms with Gasteiger partial charge in [-0.3, -0.25) is 14.4 Å². The third kappa shape index (κ3) is 6.04. The zero-order valence-corrected chi connectivity index (χ0v) is 12.1. The van der Waals surface area contributed by atoms with Crippen molar-refractivity contribution in [3.05, 3.63) is 0 Å². The van der Waals surface area contributed by atoms with Gasteiger partial charge in [-0.05, 0) is 39.5 Å². The molecular formula is C14H24N2O4. The highest BCUT2D eigenvalue weighted by Gasteiger charge is 2.30. The van der Waals surface area contributed by atoms with Crippen LogP contribution in [0, 0.1) is 5.92 Å². The van der Waals surface area contributed by atoms with Gasteiger partial charge in [0.05, 0.1) is 5.92 Å². The lowest BCUT2D eigenvalue weighted by Gasteiger charge is -2.12. The van der Waals surface area contributed by atoms with Crippen molar-refractivity contribution in [2.24, 2.45) is 5.92 Å². The van der Waals surface area contributed by atoms with Crippen LogP contribution in [-0.4, -0.2) is 35.0 Å². The minimum atomic E-state index is -0.785. The summed E-state index contributed by atoms with van der Waals surface area (Å²) in [5, 5.41) is 14.5. The van der Waals surface area contributed by atoms with Crippen LogP contribution in [0.15, 0.2) is 0 Å². The molecule has 1 saturated carbocycles. The molecule has 1 aliphatic carbocycles. The Hall–Kier alpha value is -1.59. The molecule has 0 aromatic heterocycles. The quantitative estimate of drug-likeness (QED) is 0.651. The number of nitrogens with one attached hydrogen (secondary N) is 2. The Morgan fingerprint density at radius 3 is 2.35 bits per heavy atom. The van der Waals surface area contributed by atoms with Crippen LogP contribution in [0.5, 0.6) is 0 Å².